The molecule has 2 N–H and O–H groups in total. The van der Waals surface area contributed by atoms with Crippen molar-refractivity contribution in [2.75, 3.05) is 13.1 Å². The van der Waals surface area contributed by atoms with E-state index in [-0.39, 0.29) is 16.8 Å². The van der Waals surface area contributed by atoms with E-state index in [9.17, 15) is 27.5 Å². The largest absolute Gasteiger partial charge is 0.385 e. The summed E-state index contributed by atoms with van der Waals surface area (Å²) in [7, 11) is 0. The molecule has 0 radical (unpaired) electrons. The van der Waals surface area contributed by atoms with Gasteiger partial charge in [0.2, 0.25) is 11.8 Å². The number of likely N-dealkylation sites (tertiary alicyclic amines) is 1. The molecule has 0 unspecified atom stereocenters. The number of nitrogens with one attached hydrogen (secondary N) is 1. The van der Waals surface area contributed by atoms with Crippen LogP contribution in [0.3, 0.4) is 0 Å². The summed E-state index contributed by atoms with van der Waals surface area (Å²) in [6, 6.07) is 0. The van der Waals surface area contributed by atoms with Crippen molar-refractivity contribution >= 4 is 17.5 Å². The van der Waals surface area contributed by atoms with Gasteiger partial charge in [0, 0.05) is 18.4 Å². The summed E-state index contributed by atoms with van der Waals surface area (Å²) in [5.74, 6) is -7.08. The highest BCUT2D eigenvalue weighted by Gasteiger charge is 2.70. The van der Waals surface area contributed by atoms with E-state index in [2.05, 4.69) is 5.32 Å². The number of carbonyl (C=O) groups excluding carboxylic acids is 1. The number of hydrogen-bond donors (Lipinski definition) is 2. The molecule has 0 aromatic rings. The second-order valence-corrected chi connectivity index (χ2v) is 8.97. The molecule has 0 aromatic carbocycles. The maximum absolute atomic E-state index is 14.0. The van der Waals surface area contributed by atoms with E-state index in [0.717, 1.165) is 4.90 Å². The standard InChI is InChI=1S/C15H19ClF4N2O2/c16-11-4-12(5-11,6-11)21-9(23)3-22-8-15(19,20)10(24)13(22)1-2-14(17,18)7-13/h10,24H,1-8H2,(H,21,23)/t10-,11?,12?,13-/m1/s1. The minimum atomic E-state index is -3.50. The number of hydrogen-bond acceptors (Lipinski definition) is 3. The topological polar surface area (TPSA) is 52.6 Å². The van der Waals surface area contributed by atoms with Gasteiger partial charge in [-0.25, -0.2) is 17.6 Å². The molecule has 1 saturated heterocycles. The van der Waals surface area contributed by atoms with Crippen molar-refractivity contribution < 1.29 is 27.5 Å². The lowest BCUT2D eigenvalue weighted by Gasteiger charge is -2.67. The van der Waals surface area contributed by atoms with Crippen LogP contribution in [0, 0.1) is 0 Å². The van der Waals surface area contributed by atoms with E-state index in [4.69, 9.17) is 11.6 Å². The molecular weight excluding hydrogens is 352 g/mol. The molecule has 5 fully saturated rings. The van der Waals surface area contributed by atoms with Crippen LogP contribution in [0.4, 0.5) is 17.6 Å². The first-order valence-corrected chi connectivity index (χ1v) is 8.46. The van der Waals surface area contributed by atoms with Crippen molar-refractivity contribution in [2.45, 2.75) is 72.4 Å². The first-order valence-electron chi connectivity index (χ1n) is 8.08. The minimum absolute atomic E-state index is 0.237. The van der Waals surface area contributed by atoms with Crippen LogP contribution >= 0.6 is 11.6 Å². The third-order valence-electron chi connectivity index (χ3n) is 6.13. The van der Waals surface area contributed by atoms with E-state index < -0.39 is 55.3 Å². The van der Waals surface area contributed by atoms with Gasteiger partial charge in [0.05, 0.1) is 23.5 Å². The van der Waals surface area contributed by atoms with E-state index in [1.165, 1.54) is 0 Å². The van der Waals surface area contributed by atoms with Gasteiger partial charge in [0.15, 0.2) is 0 Å². The number of halogens is 5. The van der Waals surface area contributed by atoms with Crippen LogP contribution in [0.15, 0.2) is 0 Å². The van der Waals surface area contributed by atoms with Gasteiger partial charge in [-0.05, 0) is 25.7 Å². The van der Waals surface area contributed by atoms with E-state index in [1.807, 2.05) is 0 Å². The Hall–Kier alpha value is -0.600. The van der Waals surface area contributed by atoms with Gasteiger partial charge in [-0.3, -0.25) is 9.69 Å². The van der Waals surface area contributed by atoms with Crippen molar-refractivity contribution in [3.8, 4) is 0 Å². The fraction of sp³-hybridized carbons (Fsp3) is 0.933. The molecule has 24 heavy (non-hydrogen) atoms. The Morgan fingerprint density at radius 2 is 1.79 bits per heavy atom. The van der Waals surface area contributed by atoms with Crippen LogP contribution in [0.25, 0.3) is 0 Å². The highest BCUT2D eigenvalue weighted by molar-refractivity contribution is 6.26. The normalized spacial score (nSPS) is 48.2. The van der Waals surface area contributed by atoms with E-state index >= 15 is 0 Å². The van der Waals surface area contributed by atoms with Gasteiger partial charge in [0.1, 0.15) is 6.10 Å². The highest BCUT2D eigenvalue weighted by Crippen LogP contribution is 2.64. The predicted octanol–water partition coefficient (Wildman–Crippen LogP) is 1.89. The molecule has 1 spiro atoms. The fourth-order valence-electron chi connectivity index (χ4n) is 5.11. The Labute approximate surface area is 141 Å². The Kier molecular flexibility index (Phi) is 3.20. The quantitative estimate of drug-likeness (QED) is 0.589. The van der Waals surface area contributed by atoms with E-state index in [0.29, 0.717) is 19.3 Å². The van der Waals surface area contributed by atoms with Crippen LogP contribution in [0.2, 0.25) is 0 Å². The van der Waals surface area contributed by atoms with Crippen LogP contribution in [-0.4, -0.2) is 62.9 Å². The molecule has 5 aliphatic rings. The molecular formula is C15H19ClF4N2O2. The minimum Gasteiger partial charge on any atom is -0.385 e. The average molecular weight is 371 g/mol. The number of alkyl halides is 5. The SMILES string of the molecule is O=C(CN1CC(F)(F)[C@H](O)[C@]12CCC(F)(F)C2)NC12CC(Cl)(C1)C2. The summed E-state index contributed by atoms with van der Waals surface area (Å²) in [5, 5.41) is 12.8. The zero-order valence-electron chi connectivity index (χ0n) is 12.9. The lowest BCUT2D eigenvalue weighted by atomic mass is 9.49. The fourth-order valence-corrected chi connectivity index (χ4v) is 5.88. The molecule has 4 aliphatic carbocycles. The van der Waals surface area contributed by atoms with Crippen molar-refractivity contribution in [1.29, 1.82) is 0 Å². The number of rotatable bonds is 3. The smallest absolute Gasteiger partial charge is 0.287 e. The number of aliphatic hydroxyl groups excluding tert-OH is 1. The zero-order valence-corrected chi connectivity index (χ0v) is 13.7. The van der Waals surface area contributed by atoms with Gasteiger partial charge in [-0.15, -0.1) is 11.6 Å². The van der Waals surface area contributed by atoms with Crippen molar-refractivity contribution in [3.05, 3.63) is 0 Å². The molecule has 5 rings (SSSR count). The van der Waals surface area contributed by atoms with Crippen molar-refractivity contribution in [2.24, 2.45) is 0 Å². The summed E-state index contributed by atoms with van der Waals surface area (Å²) in [6.45, 7) is -1.30. The summed E-state index contributed by atoms with van der Waals surface area (Å²) in [6.07, 6.45) is -1.90. The van der Waals surface area contributed by atoms with Gasteiger partial charge in [-0.1, -0.05) is 0 Å². The second-order valence-electron chi connectivity index (χ2n) is 8.17. The molecule has 2 bridgehead atoms. The van der Waals surface area contributed by atoms with Crippen molar-refractivity contribution in [1.82, 2.24) is 10.2 Å². The summed E-state index contributed by atoms with van der Waals surface area (Å²) >= 11 is 6.12. The predicted molar refractivity (Wildman–Crippen MR) is 77.4 cm³/mol. The molecule has 4 saturated carbocycles. The molecule has 4 nitrogen and oxygen atoms in total. The number of aliphatic hydroxyl groups is 1. The molecule has 2 atom stereocenters. The molecule has 136 valence electrons. The van der Waals surface area contributed by atoms with Crippen molar-refractivity contribution in [3.63, 3.8) is 0 Å². The Bertz CT molecular complexity index is 582. The van der Waals surface area contributed by atoms with Gasteiger partial charge >= 0.3 is 0 Å². The monoisotopic (exact) mass is 370 g/mol. The lowest BCUT2D eigenvalue weighted by Crippen LogP contribution is -2.76. The molecule has 1 aliphatic heterocycles. The maximum Gasteiger partial charge on any atom is 0.287 e. The molecule has 1 heterocycles. The molecule has 9 heteroatoms. The van der Waals surface area contributed by atoms with Crippen LogP contribution in [0.5, 0.6) is 0 Å². The Balaban J connectivity index is 1.48. The molecule has 0 aromatic heterocycles. The number of amides is 1. The van der Waals surface area contributed by atoms with Crippen LogP contribution in [0.1, 0.15) is 38.5 Å². The van der Waals surface area contributed by atoms with Crippen LogP contribution in [-0.2, 0) is 4.79 Å². The first kappa shape index (κ1) is 16.8. The third-order valence-corrected chi connectivity index (χ3v) is 6.53. The highest BCUT2D eigenvalue weighted by atomic mass is 35.5. The van der Waals surface area contributed by atoms with E-state index in [1.54, 1.807) is 0 Å². The van der Waals surface area contributed by atoms with Gasteiger partial charge < -0.3 is 10.4 Å². The maximum atomic E-state index is 14.0. The lowest BCUT2D eigenvalue weighted by molar-refractivity contribution is -0.133. The average Bonchev–Trinajstić information content (AvgIpc) is 2.78. The summed E-state index contributed by atoms with van der Waals surface area (Å²) in [4.78, 5) is 13.1. The summed E-state index contributed by atoms with van der Waals surface area (Å²) in [5.41, 5.74) is -2.09. The third kappa shape index (κ3) is 2.29. The first-order chi connectivity index (χ1) is 10.9. The Morgan fingerprint density at radius 1 is 1.17 bits per heavy atom. The second kappa shape index (κ2) is 4.57. The summed E-state index contributed by atoms with van der Waals surface area (Å²) < 4.78 is 55.3. The van der Waals surface area contributed by atoms with Gasteiger partial charge in [0.25, 0.3) is 5.92 Å². The number of nitrogens with zero attached hydrogens (tertiary/aromatic N) is 1. The zero-order chi connectivity index (χ0) is 17.6. The number of carbonyl (C=O) groups is 1. The Morgan fingerprint density at radius 3 is 2.29 bits per heavy atom. The van der Waals surface area contributed by atoms with Crippen LogP contribution < -0.4 is 5.32 Å². The molecule has 1 amide bonds. The van der Waals surface area contributed by atoms with Gasteiger partial charge in [-0.2, -0.15) is 0 Å².